The van der Waals surface area contributed by atoms with Gasteiger partial charge in [0.2, 0.25) is 0 Å². The van der Waals surface area contributed by atoms with Crippen LogP contribution in [0.15, 0.2) is 24.8 Å². The lowest BCUT2D eigenvalue weighted by atomic mass is 10.2. The molecule has 0 heterocycles. The van der Waals surface area contributed by atoms with Crippen LogP contribution in [0.2, 0.25) is 0 Å². The van der Waals surface area contributed by atoms with E-state index in [4.69, 9.17) is 9.47 Å². The van der Waals surface area contributed by atoms with Crippen LogP contribution in [0.3, 0.4) is 0 Å². The summed E-state index contributed by atoms with van der Waals surface area (Å²) >= 11 is 0. The fraction of sp³-hybridized carbons (Fsp3) is 0.538. The Morgan fingerprint density at radius 1 is 1.20 bits per heavy atom. The first-order valence-electron chi connectivity index (χ1n) is 5.17. The van der Waals surface area contributed by atoms with Crippen LogP contribution in [0, 0.1) is 11.8 Å². The maximum Gasteiger partial charge on any atom is 0.156 e. The molecule has 0 aromatic carbocycles. The van der Waals surface area contributed by atoms with Gasteiger partial charge in [0, 0.05) is 14.2 Å². The molecule has 0 spiro atoms. The Morgan fingerprint density at radius 3 is 2.53 bits per heavy atom. The molecule has 0 atom stereocenters. The van der Waals surface area contributed by atoms with E-state index in [9.17, 15) is 0 Å². The smallest absolute Gasteiger partial charge is 0.156 e. The summed E-state index contributed by atoms with van der Waals surface area (Å²) in [7, 11) is 3.33. The molecule has 15 heavy (non-hydrogen) atoms. The zero-order valence-electron chi connectivity index (χ0n) is 9.66. The number of allylic oxidation sites excluding steroid dienone is 3. The van der Waals surface area contributed by atoms with Gasteiger partial charge in [-0.05, 0) is 37.8 Å². The molecule has 0 aliphatic carbocycles. The molecule has 0 saturated heterocycles. The highest BCUT2D eigenvalue weighted by Crippen LogP contribution is 2.06. The van der Waals surface area contributed by atoms with Crippen LogP contribution >= 0.6 is 0 Å². The molecule has 84 valence electrons. The highest BCUT2D eigenvalue weighted by Gasteiger charge is 2.02. The van der Waals surface area contributed by atoms with E-state index in [-0.39, 0.29) is 6.29 Å². The summed E-state index contributed by atoms with van der Waals surface area (Å²) in [5, 5.41) is 0. The standard InChI is InChI=1S/C13H20O2/c1-4-5-6-7-8-9-10-11-12-13(14-2)15-3/h4,7-8,13H,1,9-12H2,2-3H3/b8-7+. The summed E-state index contributed by atoms with van der Waals surface area (Å²) in [4.78, 5) is 0. The van der Waals surface area contributed by atoms with Crippen molar-refractivity contribution in [3.05, 3.63) is 24.8 Å². The molecule has 0 rings (SSSR count). The fourth-order valence-corrected chi connectivity index (χ4v) is 1.15. The van der Waals surface area contributed by atoms with Crippen LogP contribution in [0.5, 0.6) is 0 Å². The molecular formula is C13H20O2. The topological polar surface area (TPSA) is 18.5 Å². The van der Waals surface area contributed by atoms with E-state index < -0.39 is 0 Å². The summed E-state index contributed by atoms with van der Waals surface area (Å²) in [5.74, 6) is 5.62. The Labute approximate surface area is 93.0 Å². The van der Waals surface area contributed by atoms with Gasteiger partial charge in [0.15, 0.2) is 6.29 Å². The van der Waals surface area contributed by atoms with E-state index >= 15 is 0 Å². The van der Waals surface area contributed by atoms with Crippen molar-refractivity contribution >= 4 is 0 Å². The van der Waals surface area contributed by atoms with Gasteiger partial charge in [-0.2, -0.15) is 0 Å². The van der Waals surface area contributed by atoms with Gasteiger partial charge in [0.25, 0.3) is 0 Å². The molecular weight excluding hydrogens is 188 g/mol. The number of methoxy groups -OCH3 is 2. The number of unbranched alkanes of at least 4 members (excludes halogenated alkanes) is 2. The third-order valence-corrected chi connectivity index (χ3v) is 1.97. The molecule has 2 heteroatoms. The van der Waals surface area contributed by atoms with E-state index in [0.29, 0.717) is 0 Å². The molecule has 0 aliphatic rings. The normalized spacial score (nSPS) is 10.3. The second-order valence-electron chi connectivity index (χ2n) is 3.08. The molecule has 0 N–H and O–H groups in total. The van der Waals surface area contributed by atoms with Gasteiger partial charge < -0.3 is 9.47 Å². The van der Waals surface area contributed by atoms with E-state index in [2.05, 4.69) is 24.5 Å². The highest BCUT2D eigenvalue weighted by atomic mass is 16.7. The number of rotatable bonds is 7. The Balaban J connectivity index is 3.38. The average Bonchev–Trinajstić information content (AvgIpc) is 2.27. The molecule has 2 nitrogen and oxygen atoms in total. The van der Waals surface area contributed by atoms with Crippen molar-refractivity contribution in [3.8, 4) is 11.8 Å². The lowest BCUT2D eigenvalue weighted by Gasteiger charge is -2.11. The fourth-order valence-electron chi connectivity index (χ4n) is 1.15. The summed E-state index contributed by atoms with van der Waals surface area (Å²) in [6, 6.07) is 0. The quantitative estimate of drug-likeness (QED) is 0.364. The molecule has 0 amide bonds. The zero-order valence-corrected chi connectivity index (χ0v) is 9.66. The molecule has 0 aliphatic heterocycles. The van der Waals surface area contributed by atoms with Crippen molar-refractivity contribution in [2.24, 2.45) is 0 Å². The summed E-state index contributed by atoms with van der Waals surface area (Å²) in [6.07, 6.45) is 9.70. The summed E-state index contributed by atoms with van der Waals surface area (Å²) in [5.41, 5.74) is 0. The average molecular weight is 208 g/mol. The maximum absolute atomic E-state index is 5.09. The van der Waals surface area contributed by atoms with Crippen molar-refractivity contribution in [3.63, 3.8) is 0 Å². The molecule has 0 radical (unpaired) electrons. The van der Waals surface area contributed by atoms with Crippen LogP contribution in [0.4, 0.5) is 0 Å². The lowest BCUT2D eigenvalue weighted by Crippen LogP contribution is -2.12. The third kappa shape index (κ3) is 9.27. The van der Waals surface area contributed by atoms with Gasteiger partial charge in [-0.1, -0.05) is 24.5 Å². The minimum Gasteiger partial charge on any atom is -0.356 e. The second kappa shape index (κ2) is 11.0. The van der Waals surface area contributed by atoms with Crippen molar-refractivity contribution in [2.45, 2.75) is 32.0 Å². The molecule has 0 aromatic heterocycles. The number of ether oxygens (including phenoxy) is 2. The lowest BCUT2D eigenvalue weighted by molar-refractivity contribution is -0.107. The summed E-state index contributed by atoms with van der Waals surface area (Å²) < 4.78 is 10.2. The molecule has 0 saturated carbocycles. The van der Waals surface area contributed by atoms with E-state index in [1.54, 1.807) is 20.3 Å². The van der Waals surface area contributed by atoms with Crippen LogP contribution in [0.1, 0.15) is 25.7 Å². The van der Waals surface area contributed by atoms with Crippen LogP contribution in [-0.4, -0.2) is 20.5 Å². The summed E-state index contributed by atoms with van der Waals surface area (Å²) in [6.45, 7) is 3.51. The first kappa shape index (κ1) is 14.0. The maximum atomic E-state index is 5.09. The van der Waals surface area contributed by atoms with Gasteiger partial charge in [-0.15, -0.1) is 0 Å². The predicted octanol–water partition coefficient (Wildman–Crippen LogP) is 2.91. The van der Waals surface area contributed by atoms with Gasteiger partial charge >= 0.3 is 0 Å². The minimum atomic E-state index is -0.0606. The Bertz CT molecular complexity index is 229. The van der Waals surface area contributed by atoms with Crippen LogP contribution in [0.25, 0.3) is 0 Å². The number of hydrogen-bond donors (Lipinski definition) is 0. The highest BCUT2D eigenvalue weighted by molar-refractivity contribution is 5.21. The first-order valence-corrected chi connectivity index (χ1v) is 5.17. The largest absolute Gasteiger partial charge is 0.356 e. The monoisotopic (exact) mass is 208 g/mol. The van der Waals surface area contributed by atoms with Gasteiger partial charge in [0.05, 0.1) is 0 Å². The molecule has 0 unspecified atom stereocenters. The minimum absolute atomic E-state index is 0.0606. The van der Waals surface area contributed by atoms with E-state index in [0.717, 1.165) is 25.7 Å². The van der Waals surface area contributed by atoms with Gasteiger partial charge in [0.1, 0.15) is 0 Å². The number of hydrogen-bond acceptors (Lipinski definition) is 2. The van der Waals surface area contributed by atoms with Crippen molar-refractivity contribution < 1.29 is 9.47 Å². The van der Waals surface area contributed by atoms with Crippen molar-refractivity contribution in [1.29, 1.82) is 0 Å². The zero-order chi connectivity index (χ0) is 11.4. The Morgan fingerprint density at radius 2 is 1.93 bits per heavy atom. The Kier molecular flexibility index (Phi) is 10.3. The molecule has 0 bridgehead atoms. The van der Waals surface area contributed by atoms with Gasteiger partial charge in [-0.3, -0.25) is 0 Å². The Hall–Kier alpha value is -1.04. The second-order valence-corrected chi connectivity index (χ2v) is 3.08. The predicted molar refractivity (Wildman–Crippen MR) is 63.4 cm³/mol. The van der Waals surface area contributed by atoms with Crippen LogP contribution in [-0.2, 0) is 9.47 Å². The van der Waals surface area contributed by atoms with Crippen molar-refractivity contribution in [1.82, 2.24) is 0 Å². The van der Waals surface area contributed by atoms with E-state index in [1.165, 1.54) is 0 Å². The third-order valence-electron chi connectivity index (χ3n) is 1.97. The van der Waals surface area contributed by atoms with Crippen molar-refractivity contribution in [2.75, 3.05) is 14.2 Å². The first-order chi connectivity index (χ1) is 7.35. The van der Waals surface area contributed by atoms with E-state index in [1.807, 2.05) is 6.08 Å². The SMILES string of the molecule is C=CC#C/C=C/CCCCC(OC)OC. The molecule has 0 fully saturated rings. The van der Waals surface area contributed by atoms with Gasteiger partial charge in [-0.25, -0.2) is 0 Å². The molecule has 0 aromatic rings. The van der Waals surface area contributed by atoms with Crippen LogP contribution < -0.4 is 0 Å².